The van der Waals surface area contributed by atoms with E-state index in [2.05, 4.69) is 14.8 Å². The monoisotopic (exact) mass is 435 g/mol. The zero-order chi connectivity index (χ0) is 22.6. The van der Waals surface area contributed by atoms with Crippen molar-refractivity contribution in [3.63, 3.8) is 0 Å². The summed E-state index contributed by atoms with van der Waals surface area (Å²) in [7, 11) is 0. The number of nitro groups is 1. The number of amides is 1. The van der Waals surface area contributed by atoms with Crippen LogP contribution in [-0.2, 0) is 4.74 Å². The van der Waals surface area contributed by atoms with Crippen molar-refractivity contribution in [1.29, 1.82) is 0 Å². The Labute approximate surface area is 182 Å². The van der Waals surface area contributed by atoms with Crippen LogP contribution in [0.15, 0.2) is 18.3 Å². The van der Waals surface area contributed by atoms with Gasteiger partial charge < -0.3 is 29.8 Å². The second-order valence-corrected chi connectivity index (χ2v) is 9.40. The number of hydrogen-bond donors (Lipinski definition) is 1. The second kappa shape index (κ2) is 9.35. The van der Waals surface area contributed by atoms with E-state index < -0.39 is 16.1 Å². The van der Waals surface area contributed by atoms with Gasteiger partial charge in [-0.1, -0.05) is 0 Å². The highest BCUT2D eigenvalue weighted by atomic mass is 16.6. The topological polar surface area (TPSA) is 112 Å². The fourth-order valence-electron chi connectivity index (χ4n) is 3.95. The number of anilines is 1. The fourth-order valence-corrected chi connectivity index (χ4v) is 3.95. The Kier molecular flexibility index (Phi) is 7.00. The van der Waals surface area contributed by atoms with Gasteiger partial charge in [0.1, 0.15) is 5.60 Å². The van der Waals surface area contributed by atoms with Crippen LogP contribution in [0.1, 0.15) is 40.0 Å². The zero-order valence-corrected chi connectivity index (χ0v) is 18.6. The molecule has 3 heterocycles. The number of piperazine rings is 1. The minimum Gasteiger partial charge on any atom is -0.444 e. The van der Waals surface area contributed by atoms with Gasteiger partial charge >= 0.3 is 11.9 Å². The van der Waals surface area contributed by atoms with E-state index >= 15 is 0 Å². The average Bonchev–Trinajstić information content (AvgIpc) is 2.72. The normalized spacial score (nSPS) is 19.9. The number of carbonyl (C=O) groups excluding carboxylic acids is 1. The van der Waals surface area contributed by atoms with Crippen molar-refractivity contribution in [3.05, 3.63) is 28.4 Å². The van der Waals surface area contributed by atoms with Crippen molar-refractivity contribution < 1.29 is 19.6 Å². The molecule has 1 aromatic rings. The summed E-state index contributed by atoms with van der Waals surface area (Å²) in [6.07, 6.45) is 3.22. The quantitative estimate of drug-likeness (QED) is 0.554. The maximum Gasteiger partial charge on any atom is 0.410 e. The summed E-state index contributed by atoms with van der Waals surface area (Å²) in [5.41, 5.74) is -0.366. The van der Waals surface area contributed by atoms with Gasteiger partial charge in [0.05, 0.1) is 11.3 Å². The average molecular weight is 436 g/mol. The zero-order valence-electron chi connectivity index (χ0n) is 18.6. The summed E-state index contributed by atoms with van der Waals surface area (Å²) in [5.74, 6) is -0.163. The Morgan fingerprint density at radius 2 is 1.84 bits per heavy atom. The minimum absolute atomic E-state index is 0.163. The summed E-state index contributed by atoms with van der Waals surface area (Å²) in [6, 6.07) is 3.12. The van der Waals surface area contributed by atoms with Gasteiger partial charge in [0.2, 0.25) is 0 Å². The highest BCUT2D eigenvalue weighted by molar-refractivity contribution is 5.68. The molecule has 2 aliphatic heterocycles. The number of hydrogen-bond acceptors (Lipinski definition) is 8. The van der Waals surface area contributed by atoms with Crippen molar-refractivity contribution in [3.8, 4) is 0 Å². The van der Waals surface area contributed by atoms with E-state index in [0.717, 1.165) is 25.3 Å². The van der Waals surface area contributed by atoms with E-state index in [1.54, 1.807) is 11.0 Å². The lowest BCUT2D eigenvalue weighted by Crippen LogP contribution is -2.51. The lowest BCUT2D eigenvalue weighted by Gasteiger charge is -2.41. The SMILES string of the molecule is CC(C)(C)OC(=O)N1CCN(CCC2(O)CCN(c3ccc([N+](=O)[O-])nc3)CC2)CC1. The Morgan fingerprint density at radius 1 is 1.19 bits per heavy atom. The van der Waals surface area contributed by atoms with Crippen LogP contribution in [0.25, 0.3) is 0 Å². The van der Waals surface area contributed by atoms with Gasteiger partial charge in [-0.25, -0.2) is 4.79 Å². The molecule has 1 aromatic heterocycles. The van der Waals surface area contributed by atoms with Gasteiger partial charge in [-0.05, 0) is 56.0 Å². The number of rotatable bonds is 5. The molecule has 2 saturated heterocycles. The molecule has 0 radical (unpaired) electrons. The van der Waals surface area contributed by atoms with E-state index in [9.17, 15) is 20.0 Å². The molecule has 31 heavy (non-hydrogen) atoms. The Hall–Kier alpha value is -2.46. The number of piperidine rings is 1. The molecule has 3 rings (SSSR count). The third-order valence-corrected chi connectivity index (χ3v) is 5.90. The standard InChI is InChI=1S/C21H33N5O5/c1-20(2,3)31-19(27)25-14-12-23(13-15-25)9-6-21(28)7-10-24(11-8-21)17-4-5-18(22-16-17)26(29)30/h4-5,16,28H,6-15H2,1-3H3. The molecule has 0 spiro atoms. The van der Waals surface area contributed by atoms with E-state index in [-0.39, 0.29) is 11.9 Å². The Morgan fingerprint density at radius 3 is 2.35 bits per heavy atom. The predicted octanol–water partition coefficient (Wildman–Crippen LogP) is 2.26. The van der Waals surface area contributed by atoms with Crippen LogP contribution in [-0.4, -0.2) is 87.9 Å². The smallest absolute Gasteiger partial charge is 0.410 e. The molecule has 2 fully saturated rings. The number of carbonyl (C=O) groups is 1. The van der Waals surface area contributed by atoms with Gasteiger partial charge in [0.15, 0.2) is 6.20 Å². The van der Waals surface area contributed by atoms with Crippen LogP contribution in [0.5, 0.6) is 0 Å². The highest BCUT2D eigenvalue weighted by Gasteiger charge is 2.34. The molecule has 0 unspecified atom stereocenters. The first-order valence-corrected chi connectivity index (χ1v) is 10.8. The van der Waals surface area contributed by atoms with E-state index in [1.165, 1.54) is 12.3 Å². The molecule has 10 nitrogen and oxygen atoms in total. The van der Waals surface area contributed by atoms with E-state index in [1.807, 2.05) is 20.8 Å². The largest absolute Gasteiger partial charge is 0.444 e. The van der Waals surface area contributed by atoms with Gasteiger partial charge in [0, 0.05) is 51.9 Å². The summed E-state index contributed by atoms with van der Waals surface area (Å²) in [5, 5.41) is 21.8. The third kappa shape index (κ3) is 6.51. The maximum atomic E-state index is 12.2. The molecule has 1 N–H and O–H groups in total. The first kappa shape index (κ1) is 23.2. The summed E-state index contributed by atoms with van der Waals surface area (Å²) in [6.45, 7) is 10.6. The molecule has 1 amide bonds. The molecule has 0 atom stereocenters. The van der Waals surface area contributed by atoms with Gasteiger partial charge in [0.25, 0.3) is 0 Å². The van der Waals surface area contributed by atoms with E-state index in [4.69, 9.17) is 4.74 Å². The number of pyridine rings is 1. The molecular weight excluding hydrogens is 402 g/mol. The summed E-state index contributed by atoms with van der Waals surface area (Å²) in [4.78, 5) is 32.4. The van der Waals surface area contributed by atoms with Crippen LogP contribution in [0, 0.1) is 10.1 Å². The molecule has 0 aliphatic carbocycles. The van der Waals surface area contributed by atoms with E-state index in [0.29, 0.717) is 45.4 Å². The van der Waals surface area contributed by atoms with Gasteiger partial charge in [-0.15, -0.1) is 0 Å². The molecule has 2 aliphatic rings. The van der Waals surface area contributed by atoms with Gasteiger partial charge in [-0.3, -0.25) is 4.90 Å². The van der Waals surface area contributed by atoms with Crippen molar-refractivity contribution in [2.24, 2.45) is 0 Å². The number of ether oxygens (including phenoxy) is 1. The van der Waals surface area contributed by atoms with Crippen molar-refractivity contribution in [2.75, 3.05) is 50.7 Å². The number of nitrogens with zero attached hydrogens (tertiary/aromatic N) is 5. The molecular formula is C21H33N5O5. The Balaban J connectivity index is 1.41. The lowest BCUT2D eigenvalue weighted by atomic mass is 9.87. The predicted molar refractivity (Wildman–Crippen MR) is 116 cm³/mol. The highest BCUT2D eigenvalue weighted by Crippen LogP contribution is 2.29. The molecule has 0 bridgehead atoms. The molecule has 0 aromatic carbocycles. The van der Waals surface area contributed by atoms with Crippen molar-refractivity contribution in [1.82, 2.24) is 14.8 Å². The van der Waals surface area contributed by atoms with Crippen LogP contribution >= 0.6 is 0 Å². The minimum atomic E-state index is -0.715. The first-order chi connectivity index (χ1) is 14.5. The van der Waals surface area contributed by atoms with Gasteiger partial charge in [-0.2, -0.15) is 0 Å². The summed E-state index contributed by atoms with van der Waals surface area (Å²) >= 11 is 0. The fraction of sp³-hybridized carbons (Fsp3) is 0.714. The third-order valence-electron chi connectivity index (χ3n) is 5.90. The van der Waals surface area contributed by atoms with Crippen molar-refractivity contribution >= 4 is 17.6 Å². The number of aromatic nitrogens is 1. The first-order valence-electron chi connectivity index (χ1n) is 10.8. The second-order valence-electron chi connectivity index (χ2n) is 9.40. The van der Waals surface area contributed by atoms with Crippen LogP contribution < -0.4 is 4.90 Å². The van der Waals surface area contributed by atoms with Crippen LogP contribution in [0.3, 0.4) is 0 Å². The van der Waals surface area contributed by atoms with Crippen LogP contribution in [0.2, 0.25) is 0 Å². The molecule has 0 saturated carbocycles. The summed E-state index contributed by atoms with van der Waals surface area (Å²) < 4.78 is 5.43. The molecule has 172 valence electrons. The molecule has 10 heteroatoms. The Bertz CT molecular complexity index is 763. The lowest BCUT2D eigenvalue weighted by molar-refractivity contribution is -0.389. The van der Waals surface area contributed by atoms with Crippen LogP contribution in [0.4, 0.5) is 16.3 Å². The van der Waals surface area contributed by atoms with Crippen molar-refractivity contribution in [2.45, 2.75) is 51.2 Å². The maximum absolute atomic E-state index is 12.2. The number of aliphatic hydroxyl groups is 1.